The molecule has 0 spiro atoms. The predicted octanol–water partition coefficient (Wildman–Crippen LogP) is 1.25. The number of methoxy groups -OCH3 is 5. The van der Waals surface area contributed by atoms with Crippen molar-refractivity contribution in [3.05, 3.63) is 0 Å². The fourth-order valence-electron chi connectivity index (χ4n) is 3.51. The van der Waals surface area contributed by atoms with Crippen molar-refractivity contribution in [3.63, 3.8) is 0 Å². The quantitative estimate of drug-likeness (QED) is 0.297. The predicted molar refractivity (Wildman–Crippen MR) is 116 cm³/mol. The number of carbonyl (C=O) groups is 5. The van der Waals surface area contributed by atoms with Crippen LogP contribution < -0.4 is 0 Å². The Morgan fingerprint density at radius 3 is 1.79 bits per heavy atom. The van der Waals surface area contributed by atoms with Crippen LogP contribution >= 0.6 is 0 Å². The highest BCUT2D eigenvalue weighted by Crippen LogP contribution is 2.30. The lowest BCUT2D eigenvalue weighted by atomic mass is 10.0. The Hall–Kier alpha value is -3.77. The number of carbonyl (C=O) groups excluding carboxylic acids is 5. The average Bonchev–Trinajstić information content (AvgIpc) is 2.93. The second-order valence-electron chi connectivity index (χ2n) is 7.63. The van der Waals surface area contributed by atoms with Crippen LogP contribution in [0, 0.1) is 0 Å². The van der Waals surface area contributed by atoms with Crippen molar-refractivity contribution in [3.8, 4) is 0 Å². The number of hydrogen-bond donors (Lipinski definition) is 0. The van der Waals surface area contributed by atoms with Crippen molar-refractivity contribution < 1.29 is 85.6 Å². The van der Waals surface area contributed by atoms with Crippen LogP contribution in [0.15, 0.2) is 0 Å². The van der Waals surface area contributed by atoms with Gasteiger partial charge in [-0.15, -0.1) is 0 Å². The summed E-state index contributed by atoms with van der Waals surface area (Å²) < 4.78 is 65.0. The number of ether oxygens (including phenoxy) is 13. The van der Waals surface area contributed by atoms with Crippen LogP contribution in [0.3, 0.4) is 0 Å². The van der Waals surface area contributed by atoms with E-state index in [9.17, 15) is 24.0 Å². The maximum Gasteiger partial charge on any atom is 0.510 e. The van der Waals surface area contributed by atoms with Gasteiger partial charge in [-0.1, -0.05) is 0 Å². The first-order chi connectivity index (χ1) is 18.6. The minimum Gasteiger partial charge on any atom is -0.438 e. The first-order valence-electron chi connectivity index (χ1n) is 11.3. The SMILES string of the molecule is COC(=O)OCC1O[C@H](OC2COC(OC(=O)OC)C(OC(=O)OC)C2)CC(OC(=O)OC)[C@@H]1OC(=O)OC. The molecule has 222 valence electrons. The van der Waals surface area contributed by atoms with Crippen LogP contribution in [0.4, 0.5) is 24.0 Å². The molecule has 39 heavy (non-hydrogen) atoms. The molecular weight excluding hydrogens is 540 g/mol. The first-order valence-corrected chi connectivity index (χ1v) is 11.3. The van der Waals surface area contributed by atoms with Gasteiger partial charge in [-0.3, -0.25) is 0 Å². The lowest BCUT2D eigenvalue weighted by molar-refractivity contribution is -0.296. The highest BCUT2D eigenvalue weighted by molar-refractivity contribution is 5.62. The van der Waals surface area contributed by atoms with Crippen molar-refractivity contribution in [2.24, 2.45) is 0 Å². The summed E-state index contributed by atoms with van der Waals surface area (Å²) in [6.07, 6.45) is -14.0. The van der Waals surface area contributed by atoms with E-state index >= 15 is 0 Å². The summed E-state index contributed by atoms with van der Waals surface area (Å²) in [7, 11) is 5.36. The Morgan fingerprint density at radius 2 is 1.21 bits per heavy atom. The van der Waals surface area contributed by atoms with E-state index in [0.29, 0.717) is 0 Å². The molecule has 0 amide bonds. The topological polar surface area (TPSA) is 205 Å². The highest BCUT2D eigenvalue weighted by Gasteiger charge is 2.47. The van der Waals surface area contributed by atoms with Crippen molar-refractivity contribution >= 4 is 30.8 Å². The molecule has 2 aliphatic rings. The molecule has 2 aliphatic heterocycles. The summed E-state index contributed by atoms with van der Waals surface area (Å²) in [4.78, 5) is 58.5. The Kier molecular flexibility index (Phi) is 12.6. The summed E-state index contributed by atoms with van der Waals surface area (Å²) in [6, 6.07) is 0. The molecule has 18 heteroatoms. The van der Waals surface area contributed by atoms with E-state index in [-0.39, 0.29) is 19.4 Å². The molecule has 2 heterocycles. The van der Waals surface area contributed by atoms with E-state index in [4.69, 9.17) is 37.9 Å². The Morgan fingerprint density at radius 1 is 0.667 bits per heavy atom. The van der Waals surface area contributed by atoms with E-state index < -0.39 is 80.5 Å². The van der Waals surface area contributed by atoms with Gasteiger partial charge in [0.05, 0.1) is 48.3 Å². The summed E-state index contributed by atoms with van der Waals surface area (Å²) in [5.41, 5.74) is 0. The van der Waals surface area contributed by atoms with E-state index in [1.54, 1.807) is 0 Å². The summed E-state index contributed by atoms with van der Waals surface area (Å²) in [6.45, 7) is -0.685. The third-order valence-corrected chi connectivity index (χ3v) is 5.21. The van der Waals surface area contributed by atoms with Crippen LogP contribution in [0.25, 0.3) is 0 Å². The highest BCUT2D eigenvalue weighted by atomic mass is 16.8. The summed E-state index contributed by atoms with van der Waals surface area (Å²) in [5, 5.41) is 0. The molecular formula is C21H30O18. The van der Waals surface area contributed by atoms with Crippen molar-refractivity contribution in [1.82, 2.24) is 0 Å². The van der Waals surface area contributed by atoms with Crippen LogP contribution in [0.5, 0.6) is 0 Å². The molecule has 0 bridgehead atoms. The molecule has 2 fully saturated rings. The van der Waals surface area contributed by atoms with Crippen LogP contribution in [0.2, 0.25) is 0 Å². The molecule has 2 rings (SSSR count). The van der Waals surface area contributed by atoms with Crippen molar-refractivity contribution in [2.45, 2.75) is 55.9 Å². The molecule has 2 saturated heterocycles. The maximum atomic E-state index is 11.9. The molecule has 18 nitrogen and oxygen atoms in total. The third-order valence-electron chi connectivity index (χ3n) is 5.21. The van der Waals surface area contributed by atoms with E-state index in [1.807, 2.05) is 0 Å². The fraction of sp³-hybridized carbons (Fsp3) is 0.762. The Labute approximate surface area is 221 Å². The van der Waals surface area contributed by atoms with Gasteiger partial charge in [-0.05, 0) is 0 Å². The lowest BCUT2D eigenvalue weighted by Crippen LogP contribution is -2.56. The van der Waals surface area contributed by atoms with Gasteiger partial charge in [0, 0.05) is 12.8 Å². The van der Waals surface area contributed by atoms with E-state index in [2.05, 4.69) is 23.7 Å². The smallest absolute Gasteiger partial charge is 0.438 e. The van der Waals surface area contributed by atoms with Gasteiger partial charge < -0.3 is 61.6 Å². The zero-order chi connectivity index (χ0) is 28.9. The minimum atomic E-state index is -1.34. The molecule has 0 aromatic rings. The maximum absolute atomic E-state index is 11.9. The van der Waals surface area contributed by atoms with Crippen molar-refractivity contribution in [1.29, 1.82) is 0 Å². The van der Waals surface area contributed by atoms with Gasteiger partial charge in [0.15, 0.2) is 18.5 Å². The Bertz CT molecular complexity index is 847. The third kappa shape index (κ3) is 9.80. The van der Waals surface area contributed by atoms with Crippen LogP contribution in [0.1, 0.15) is 12.8 Å². The molecule has 0 N–H and O–H groups in total. The van der Waals surface area contributed by atoms with Crippen molar-refractivity contribution in [2.75, 3.05) is 48.8 Å². The zero-order valence-electron chi connectivity index (χ0n) is 21.7. The summed E-state index contributed by atoms with van der Waals surface area (Å²) >= 11 is 0. The fourth-order valence-corrected chi connectivity index (χ4v) is 3.51. The van der Waals surface area contributed by atoms with Gasteiger partial charge in [-0.25, -0.2) is 24.0 Å². The van der Waals surface area contributed by atoms with E-state index in [0.717, 1.165) is 35.5 Å². The van der Waals surface area contributed by atoms with Gasteiger partial charge in [0.2, 0.25) is 6.29 Å². The molecule has 0 saturated carbocycles. The number of hydrogen-bond acceptors (Lipinski definition) is 18. The van der Waals surface area contributed by atoms with Gasteiger partial charge in [0.1, 0.15) is 18.8 Å². The molecule has 5 unspecified atom stereocenters. The van der Waals surface area contributed by atoms with Gasteiger partial charge in [0.25, 0.3) is 0 Å². The van der Waals surface area contributed by atoms with Crippen LogP contribution in [-0.4, -0.2) is 123 Å². The second kappa shape index (κ2) is 15.6. The molecule has 0 aliphatic carbocycles. The zero-order valence-corrected chi connectivity index (χ0v) is 21.7. The first kappa shape index (κ1) is 31.4. The largest absolute Gasteiger partial charge is 0.510 e. The van der Waals surface area contributed by atoms with Gasteiger partial charge >= 0.3 is 30.8 Å². The van der Waals surface area contributed by atoms with E-state index in [1.165, 1.54) is 0 Å². The number of rotatable bonds is 8. The lowest BCUT2D eigenvalue weighted by Gasteiger charge is -2.41. The summed E-state index contributed by atoms with van der Waals surface area (Å²) in [5.74, 6) is 0. The molecule has 0 aromatic carbocycles. The monoisotopic (exact) mass is 570 g/mol. The Balaban J connectivity index is 2.20. The average molecular weight is 570 g/mol. The standard InChI is InChI=1S/C21H30O18/c1-27-17(22)33-9-13-15(38-20(25)30-4)11(36-18(23)28-2)7-14(35-13)34-10-6-12(37-19(24)29-3)16(32-8-10)39-21(26)31-5/h10-16H,6-9H2,1-5H3/t10?,11?,12?,13?,14-,15-,16?/m0/s1. The normalized spacial score (nSPS) is 28.1. The second-order valence-corrected chi connectivity index (χ2v) is 7.63. The van der Waals surface area contributed by atoms with Gasteiger partial charge in [-0.2, -0.15) is 0 Å². The molecule has 0 radical (unpaired) electrons. The van der Waals surface area contributed by atoms with Crippen LogP contribution in [-0.2, 0) is 61.6 Å². The minimum absolute atomic E-state index is 0.0649. The molecule has 0 aromatic heterocycles. The molecule has 7 atom stereocenters.